The molecule has 0 saturated heterocycles. The SMILES string of the molecule is CC1=NN(c2ccc(C(=O)OC(C)c3nc4ccccc4n3C(F)F)cc2)CC1. The van der Waals surface area contributed by atoms with Crippen LogP contribution in [0, 0.1) is 0 Å². The molecule has 0 aliphatic carbocycles. The summed E-state index contributed by atoms with van der Waals surface area (Å²) in [7, 11) is 0. The summed E-state index contributed by atoms with van der Waals surface area (Å²) in [5.41, 5.74) is 3.00. The number of para-hydroxylation sites is 2. The third kappa shape index (κ3) is 3.70. The van der Waals surface area contributed by atoms with Crippen LogP contribution in [0.5, 0.6) is 0 Å². The molecule has 29 heavy (non-hydrogen) atoms. The van der Waals surface area contributed by atoms with E-state index in [4.69, 9.17) is 4.74 Å². The Morgan fingerprint density at radius 3 is 2.52 bits per heavy atom. The van der Waals surface area contributed by atoms with Crippen molar-refractivity contribution in [1.82, 2.24) is 9.55 Å². The maximum Gasteiger partial charge on any atom is 0.338 e. The Labute approximate surface area is 166 Å². The summed E-state index contributed by atoms with van der Waals surface area (Å²) < 4.78 is 33.4. The lowest BCUT2D eigenvalue weighted by Crippen LogP contribution is -2.15. The molecule has 0 spiro atoms. The second-order valence-corrected chi connectivity index (χ2v) is 6.91. The van der Waals surface area contributed by atoms with Crippen molar-refractivity contribution < 1.29 is 18.3 Å². The van der Waals surface area contributed by atoms with Crippen molar-refractivity contribution in [1.29, 1.82) is 0 Å². The maximum absolute atomic E-state index is 13.6. The van der Waals surface area contributed by atoms with E-state index in [9.17, 15) is 13.6 Å². The van der Waals surface area contributed by atoms with Gasteiger partial charge in [-0.05, 0) is 50.2 Å². The van der Waals surface area contributed by atoms with E-state index in [0.717, 1.165) is 28.9 Å². The number of carbonyl (C=O) groups is 1. The summed E-state index contributed by atoms with van der Waals surface area (Å²) >= 11 is 0. The average molecular weight is 398 g/mol. The van der Waals surface area contributed by atoms with Crippen LogP contribution in [0.4, 0.5) is 14.5 Å². The van der Waals surface area contributed by atoms with Gasteiger partial charge in [0.1, 0.15) is 0 Å². The van der Waals surface area contributed by atoms with Crippen LogP contribution in [0.3, 0.4) is 0 Å². The number of hydrazone groups is 1. The first-order valence-electron chi connectivity index (χ1n) is 9.31. The third-order valence-corrected chi connectivity index (χ3v) is 4.84. The lowest BCUT2D eigenvalue weighted by molar-refractivity contribution is 0.0233. The second-order valence-electron chi connectivity index (χ2n) is 6.91. The summed E-state index contributed by atoms with van der Waals surface area (Å²) in [6, 6.07) is 13.5. The Morgan fingerprint density at radius 2 is 1.86 bits per heavy atom. The number of aromatic nitrogens is 2. The molecule has 0 fully saturated rings. The number of rotatable bonds is 5. The number of alkyl halides is 2. The molecule has 1 aromatic heterocycles. The molecule has 4 rings (SSSR count). The normalized spacial score (nSPS) is 15.1. The number of anilines is 1. The fourth-order valence-corrected chi connectivity index (χ4v) is 3.37. The summed E-state index contributed by atoms with van der Waals surface area (Å²) in [6.45, 7) is 1.52. The van der Waals surface area contributed by atoms with E-state index < -0.39 is 18.6 Å². The van der Waals surface area contributed by atoms with Gasteiger partial charge < -0.3 is 4.74 Å². The van der Waals surface area contributed by atoms with Crippen molar-refractivity contribution in [2.24, 2.45) is 5.10 Å². The van der Waals surface area contributed by atoms with E-state index in [1.54, 1.807) is 48.5 Å². The fourth-order valence-electron chi connectivity index (χ4n) is 3.37. The minimum absolute atomic E-state index is 0.00745. The van der Waals surface area contributed by atoms with Crippen molar-refractivity contribution in [3.63, 3.8) is 0 Å². The maximum atomic E-state index is 13.6. The van der Waals surface area contributed by atoms with Crippen molar-refractivity contribution in [2.45, 2.75) is 32.9 Å². The monoisotopic (exact) mass is 398 g/mol. The van der Waals surface area contributed by atoms with Gasteiger partial charge in [-0.2, -0.15) is 13.9 Å². The van der Waals surface area contributed by atoms with Crippen LogP contribution in [0.15, 0.2) is 53.6 Å². The molecule has 6 nitrogen and oxygen atoms in total. The van der Waals surface area contributed by atoms with Gasteiger partial charge in [-0.25, -0.2) is 9.78 Å². The number of imidazole rings is 1. The molecule has 0 amide bonds. The number of ether oxygens (including phenoxy) is 1. The number of halogens is 2. The van der Waals surface area contributed by atoms with E-state index in [-0.39, 0.29) is 5.82 Å². The van der Waals surface area contributed by atoms with Gasteiger partial charge in [-0.15, -0.1) is 0 Å². The molecule has 2 aromatic carbocycles. The first-order chi connectivity index (χ1) is 13.9. The number of nitrogens with zero attached hydrogens (tertiary/aromatic N) is 4. The highest BCUT2D eigenvalue weighted by Crippen LogP contribution is 2.29. The van der Waals surface area contributed by atoms with Crippen molar-refractivity contribution in [3.05, 3.63) is 59.9 Å². The van der Waals surface area contributed by atoms with Crippen molar-refractivity contribution in [2.75, 3.05) is 11.6 Å². The zero-order valence-corrected chi connectivity index (χ0v) is 16.0. The van der Waals surface area contributed by atoms with Crippen LogP contribution in [-0.4, -0.2) is 27.8 Å². The average Bonchev–Trinajstić information content (AvgIpc) is 3.31. The lowest BCUT2D eigenvalue weighted by Gasteiger charge is -2.16. The van der Waals surface area contributed by atoms with Gasteiger partial charge in [0.2, 0.25) is 0 Å². The van der Waals surface area contributed by atoms with Gasteiger partial charge in [0, 0.05) is 18.7 Å². The Kier molecular flexibility index (Phi) is 5.00. The number of fused-ring (bicyclic) bond motifs is 1. The van der Waals surface area contributed by atoms with Gasteiger partial charge in [0.15, 0.2) is 11.9 Å². The molecule has 3 aromatic rings. The number of benzene rings is 2. The van der Waals surface area contributed by atoms with E-state index in [0.29, 0.717) is 16.6 Å². The Morgan fingerprint density at radius 1 is 1.14 bits per heavy atom. The van der Waals surface area contributed by atoms with Gasteiger partial charge in [0.25, 0.3) is 0 Å². The summed E-state index contributed by atoms with van der Waals surface area (Å²) in [4.78, 5) is 16.8. The third-order valence-electron chi connectivity index (χ3n) is 4.84. The molecular formula is C21H20F2N4O2. The zero-order valence-electron chi connectivity index (χ0n) is 16.0. The van der Waals surface area contributed by atoms with Gasteiger partial charge in [-0.1, -0.05) is 12.1 Å². The van der Waals surface area contributed by atoms with Crippen LogP contribution >= 0.6 is 0 Å². The standard InChI is InChI=1S/C21H20F2N4O2/c1-13-11-12-26(25-13)16-9-7-15(8-10-16)20(28)29-14(2)19-24-17-5-3-4-6-18(17)27(19)21(22)23/h3-10,14,21H,11-12H2,1-2H3. The molecule has 0 radical (unpaired) electrons. The van der Waals surface area contributed by atoms with Crippen LogP contribution in [-0.2, 0) is 4.74 Å². The van der Waals surface area contributed by atoms with Gasteiger partial charge in [-0.3, -0.25) is 9.58 Å². The number of hydrogen-bond donors (Lipinski definition) is 0. The molecular weight excluding hydrogens is 378 g/mol. The minimum atomic E-state index is -2.79. The molecule has 2 heterocycles. The fraction of sp³-hybridized carbons (Fsp3) is 0.286. The van der Waals surface area contributed by atoms with E-state index >= 15 is 0 Å². The first-order valence-corrected chi connectivity index (χ1v) is 9.31. The number of esters is 1. The quantitative estimate of drug-likeness (QED) is 0.572. The molecule has 150 valence electrons. The zero-order chi connectivity index (χ0) is 20.5. The smallest absolute Gasteiger partial charge is 0.338 e. The van der Waals surface area contributed by atoms with E-state index in [1.807, 2.05) is 11.9 Å². The molecule has 0 bridgehead atoms. The molecule has 1 aliphatic rings. The Balaban J connectivity index is 1.53. The predicted octanol–water partition coefficient (Wildman–Crippen LogP) is 4.94. The molecule has 1 unspecified atom stereocenters. The second kappa shape index (κ2) is 7.62. The Bertz CT molecular complexity index is 1080. The van der Waals surface area contributed by atoms with Crippen LogP contribution in [0.2, 0.25) is 0 Å². The Hall–Kier alpha value is -3.29. The van der Waals surface area contributed by atoms with Crippen LogP contribution in [0.1, 0.15) is 49.1 Å². The highest BCUT2D eigenvalue weighted by molar-refractivity contribution is 5.90. The van der Waals surface area contributed by atoms with Crippen molar-refractivity contribution in [3.8, 4) is 0 Å². The molecule has 1 aliphatic heterocycles. The molecule has 0 N–H and O–H groups in total. The predicted molar refractivity (Wildman–Crippen MR) is 106 cm³/mol. The molecule has 0 saturated carbocycles. The highest BCUT2D eigenvalue weighted by Gasteiger charge is 2.24. The van der Waals surface area contributed by atoms with E-state index in [2.05, 4.69) is 10.1 Å². The van der Waals surface area contributed by atoms with Crippen LogP contribution < -0.4 is 5.01 Å². The summed E-state index contributed by atoms with van der Waals surface area (Å²) in [5, 5.41) is 6.29. The van der Waals surface area contributed by atoms with E-state index in [1.165, 1.54) is 6.92 Å². The van der Waals surface area contributed by atoms with Gasteiger partial charge >= 0.3 is 12.5 Å². The lowest BCUT2D eigenvalue weighted by atomic mass is 10.2. The van der Waals surface area contributed by atoms with Crippen molar-refractivity contribution >= 4 is 28.4 Å². The minimum Gasteiger partial charge on any atom is -0.451 e. The highest BCUT2D eigenvalue weighted by atomic mass is 19.3. The number of hydrogen-bond acceptors (Lipinski definition) is 5. The largest absolute Gasteiger partial charge is 0.451 e. The first kappa shape index (κ1) is 19.0. The molecule has 1 atom stereocenters. The summed E-state index contributed by atoms with van der Waals surface area (Å²) in [6.07, 6.45) is -0.0266. The number of carbonyl (C=O) groups excluding carboxylic acids is 1. The topological polar surface area (TPSA) is 59.7 Å². The molecule has 8 heteroatoms. The summed E-state index contributed by atoms with van der Waals surface area (Å²) in [5.74, 6) is -0.592. The van der Waals surface area contributed by atoms with Gasteiger partial charge in [0.05, 0.1) is 22.3 Å². The van der Waals surface area contributed by atoms with Crippen LogP contribution in [0.25, 0.3) is 11.0 Å².